The highest BCUT2D eigenvalue weighted by molar-refractivity contribution is 5.99. The summed E-state index contributed by atoms with van der Waals surface area (Å²) < 4.78 is 0. The summed E-state index contributed by atoms with van der Waals surface area (Å²) in [4.78, 5) is 36.0. The topological polar surface area (TPSA) is 124 Å². The van der Waals surface area contributed by atoms with E-state index in [1.54, 1.807) is 60.7 Å². The summed E-state index contributed by atoms with van der Waals surface area (Å²) >= 11 is 0. The smallest absolute Gasteiger partial charge is 0.336 e. The molecule has 0 bridgehead atoms. The van der Waals surface area contributed by atoms with Gasteiger partial charge in [0.2, 0.25) is 0 Å². The molecule has 1 amide bonds. The molecule has 3 aromatic carbocycles. The Labute approximate surface area is 185 Å². The highest BCUT2D eigenvalue weighted by Gasteiger charge is 2.28. The first-order valence-electron chi connectivity index (χ1n) is 9.97. The third-order valence-electron chi connectivity index (χ3n) is 5.20. The number of carboxylic acid groups (broad SMARTS) is 2. The summed E-state index contributed by atoms with van der Waals surface area (Å²) in [6, 6.07) is 19.2. The number of carbonyl (C=O) groups excluding carboxylic acids is 1. The quantitative estimate of drug-likeness (QED) is 0.433. The zero-order valence-electron chi connectivity index (χ0n) is 17.4. The third kappa shape index (κ3) is 5.19. The van der Waals surface area contributed by atoms with Crippen LogP contribution in [0.4, 0.5) is 0 Å². The van der Waals surface area contributed by atoms with Gasteiger partial charge in [0.15, 0.2) is 6.10 Å². The maximum atomic E-state index is 13.0. The Morgan fingerprint density at radius 1 is 0.875 bits per heavy atom. The van der Waals surface area contributed by atoms with Crippen molar-refractivity contribution in [3.63, 3.8) is 0 Å². The van der Waals surface area contributed by atoms with Gasteiger partial charge >= 0.3 is 11.9 Å². The van der Waals surface area contributed by atoms with Gasteiger partial charge in [0.25, 0.3) is 5.91 Å². The SMILES string of the molecule is Cc1ccc(C(=O)NC(Cc2ccccc2)C(O)C(=O)O)cc1-c1ccccc1C(=O)O. The lowest BCUT2D eigenvalue weighted by molar-refractivity contribution is -0.148. The molecule has 2 unspecified atom stereocenters. The van der Waals surface area contributed by atoms with E-state index in [-0.39, 0.29) is 17.5 Å². The van der Waals surface area contributed by atoms with Crippen molar-refractivity contribution in [3.05, 3.63) is 95.1 Å². The fraction of sp³-hybridized carbons (Fsp3) is 0.160. The number of aromatic carboxylic acids is 1. The normalized spacial score (nSPS) is 12.6. The number of carbonyl (C=O) groups is 3. The summed E-state index contributed by atoms with van der Waals surface area (Å²) in [7, 11) is 0. The summed E-state index contributed by atoms with van der Waals surface area (Å²) in [5.41, 5.74) is 2.92. The Morgan fingerprint density at radius 3 is 2.19 bits per heavy atom. The third-order valence-corrected chi connectivity index (χ3v) is 5.20. The van der Waals surface area contributed by atoms with Crippen LogP contribution in [0.2, 0.25) is 0 Å². The molecule has 0 aliphatic carbocycles. The van der Waals surface area contributed by atoms with Gasteiger partial charge in [-0.05, 0) is 53.8 Å². The van der Waals surface area contributed by atoms with Crippen molar-refractivity contribution >= 4 is 17.8 Å². The molecular weight excluding hydrogens is 410 g/mol. The maximum absolute atomic E-state index is 13.0. The molecule has 0 aliphatic heterocycles. The average Bonchev–Trinajstić information content (AvgIpc) is 2.79. The first-order chi connectivity index (χ1) is 15.3. The Hall–Kier alpha value is -3.97. The van der Waals surface area contributed by atoms with Crippen LogP contribution in [0.1, 0.15) is 31.8 Å². The molecule has 3 rings (SSSR count). The van der Waals surface area contributed by atoms with Crippen molar-refractivity contribution in [1.29, 1.82) is 0 Å². The number of amides is 1. The number of benzene rings is 3. The molecule has 0 fully saturated rings. The van der Waals surface area contributed by atoms with Crippen LogP contribution >= 0.6 is 0 Å². The van der Waals surface area contributed by atoms with Gasteiger partial charge < -0.3 is 20.6 Å². The van der Waals surface area contributed by atoms with Crippen molar-refractivity contribution in [2.75, 3.05) is 0 Å². The van der Waals surface area contributed by atoms with E-state index in [0.717, 1.165) is 11.1 Å². The lowest BCUT2D eigenvalue weighted by Crippen LogP contribution is -2.48. The van der Waals surface area contributed by atoms with Crippen LogP contribution in [0.25, 0.3) is 11.1 Å². The minimum absolute atomic E-state index is 0.108. The molecule has 0 saturated heterocycles. The summed E-state index contributed by atoms with van der Waals surface area (Å²) in [6.45, 7) is 1.81. The Bertz CT molecular complexity index is 1140. The first-order valence-corrected chi connectivity index (χ1v) is 9.97. The van der Waals surface area contributed by atoms with Crippen LogP contribution in [-0.2, 0) is 11.2 Å². The number of hydrogen-bond acceptors (Lipinski definition) is 4. The minimum atomic E-state index is -1.79. The van der Waals surface area contributed by atoms with Gasteiger partial charge in [-0.2, -0.15) is 0 Å². The van der Waals surface area contributed by atoms with E-state index >= 15 is 0 Å². The second kappa shape index (κ2) is 9.89. The minimum Gasteiger partial charge on any atom is -0.479 e. The van der Waals surface area contributed by atoms with Gasteiger partial charge in [0.1, 0.15) is 0 Å². The highest BCUT2D eigenvalue weighted by atomic mass is 16.4. The van der Waals surface area contributed by atoms with Crippen molar-refractivity contribution in [2.45, 2.75) is 25.5 Å². The standard InChI is InChI=1S/C25H23NO6/c1-15-11-12-17(14-20(15)18-9-5-6-10-19(18)24(29)30)23(28)26-21(22(27)25(31)32)13-16-7-3-2-4-8-16/h2-12,14,21-22,27H,13H2,1H3,(H,26,28)(H,29,30)(H,31,32). The van der Waals surface area contributed by atoms with E-state index < -0.39 is 30.0 Å². The Kier molecular flexibility index (Phi) is 7.02. The second-order valence-electron chi connectivity index (χ2n) is 7.43. The number of hydrogen-bond donors (Lipinski definition) is 4. The Morgan fingerprint density at radius 2 is 1.53 bits per heavy atom. The van der Waals surface area contributed by atoms with E-state index in [4.69, 9.17) is 0 Å². The largest absolute Gasteiger partial charge is 0.479 e. The highest BCUT2D eigenvalue weighted by Crippen LogP contribution is 2.28. The zero-order chi connectivity index (χ0) is 23.3. The zero-order valence-corrected chi connectivity index (χ0v) is 17.4. The molecule has 4 N–H and O–H groups in total. The van der Waals surface area contributed by atoms with Crippen LogP contribution in [0.3, 0.4) is 0 Å². The fourth-order valence-electron chi connectivity index (χ4n) is 3.49. The van der Waals surface area contributed by atoms with E-state index in [9.17, 15) is 29.7 Å². The summed E-state index contributed by atoms with van der Waals surface area (Å²) in [6.07, 6.45) is -1.67. The van der Waals surface area contributed by atoms with E-state index in [1.165, 1.54) is 6.07 Å². The second-order valence-corrected chi connectivity index (χ2v) is 7.43. The number of rotatable bonds is 8. The van der Waals surface area contributed by atoms with Crippen molar-refractivity contribution in [1.82, 2.24) is 5.32 Å². The molecule has 3 aromatic rings. The molecule has 7 nitrogen and oxygen atoms in total. The van der Waals surface area contributed by atoms with E-state index in [0.29, 0.717) is 11.1 Å². The Balaban J connectivity index is 1.92. The fourth-order valence-corrected chi connectivity index (χ4v) is 3.49. The molecule has 164 valence electrons. The van der Waals surface area contributed by atoms with Gasteiger partial charge in [-0.15, -0.1) is 0 Å². The molecule has 0 aliphatic rings. The number of aryl methyl sites for hydroxylation is 1. The van der Waals surface area contributed by atoms with Gasteiger partial charge in [-0.1, -0.05) is 54.6 Å². The average molecular weight is 433 g/mol. The summed E-state index contributed by atoms with van der Waals surface area (Å²) in [5.74, 6) is -3.09. The lowest BCUT2D eigenvalue weighted by atomic mass is 9.94. The van der Waals surface area contributed by atoms with Crippen LogP contribution in [0.15, 0.2) is 72.8 Å². The van der Waals surface area contributed by atoms with Crippen molar-refractivity contribution in [2.24, 2.45) is 0 Å². The molecule has 2 atom stereocenters. The maximum Gasteiger partial charge on any atom is 0.336 e. The predicted octanol–water partition coefficient (Wildman–Crippen LogP) is 3.15. The van der Waals surface area contributed by atoms with Gasteiger partial charge in [0.05, 0.1) is 11.6 Å². The summed E-state index contributed by atoms with van der Waals surface area (Å²) in [5, 5.41) is 31.5. The van der Waals surface area contributed by atoms with Gasteiger partial charge in [0, 0.05) is 5.56 Å². The van der Waals surface area contributed by atoms with Crippen LogP contribution in [0.5, 0.6) is 0 Å². The molecule has 0 radical (unpaired) electrons. The van der Waals surface area contributed by atoms with E-state index in [1.807, 2.05) is 13.0 Å². The van der Waals surface area contributed by atoms with Crippen LogP contribution < -0.4 is 5.32 Å². The molecule has 0 heterocycles. The van der Waals surface area contributed by atoms with E-state index in [2.05, 4.69) is 5.32 Å². The number of carboxylic acids is 2. The molecule has 0 aromatic heterocycles. The molecule has 0 saturated carbocycles. The molecule has 0 spiro atoms. The predicted molar refractivity (Wildman–Crippen MR) is 119 cm³/mol. The van der Waals surface area contributed by atoms with Crippen molar-refractivity contribution < 1.29 is 29.7 Å². The lowest BCUT2D eigenvalue weighted by Gasteiger charge is -2.22. The number of nitrogens with one attached hydrogen (secondary N) is 1. The van der Waals surface area contributed by atoms with Gasteiger partial charge in [-0.25, -0.2) is 9.59 Å². The molecule has 32 heavy (non-hydrogen) atoms. The first kappa shape index (κ1) is 22.7. The monoisotopic (exact) mass is 433 g/mol. The van der Waals surface area contributed by atoms with Crippen molar-refractivity contribution in [3.8, 4) is 11.1 Å². The number of aliphatic hydroxyl groups is 1. The number of aliphatic hydroxyl groups excluding tert-OH is 1. The van der Waals surface area contributed by atoms with Crippen LogP contribution in [0, 0.1) is 6.92 Å². The number of aliphatic carboxylic acids is 1. The van der Waals surface area contributed by atoms with Gasteiger partial charge in [-0.3, -0.25) is 4.79 Å². The molecular formula is C25H23NO6. The van der Waals surface area contributed by atoms with Crippen LogP contribution in [-0.4, -0.2) is 45.3 Å². The molecule has 7 heteroatoms.